The molecule has 1 aromatic rings. The number of nitrogens with one attached hydrogen (secondary N) is 2. The van der Waals surface area contributed by atoms with E-state index in [1.807, 2.05) is 0 Å². The van der Waals surface area contributed by atoms with Gasteiger partial charge in [0.25, 0.3) is 5.91 Å². The van der Waals surface area contributed by atoms with Crippen molar-refractivity contribution in [3.63, 3.8) is 0 Å². The minimum atomic E-state index is -0.715. The normalized spacial score (nSPS) is 34.8. The van der Waals surface area contributed by atoms with Crippen LogP contribution in [-0.4, -0.2) is 40.7 Å². The van der Waals surface area contributed by atoms with Gasteiger partial charge in [0.15, 0.2) is 0 Å². The Kier molecular flexibility index (Phi) is 6.15. The predicted octanol–water partition coefficient (Wildman–Crippen LogP) is 3.86. The van der Waals surface area contributed by atoms with E-state index in [-0.39, 0.29) is 37.0 Å². The molecular weight excluding hydrogens is 445 g/mol. The lowest BCUT2D eigenvalue weighted by Crippen LogP contribution is -2.52. The van der Waals surface area contributed by atoms with Crippen LogP contribution in [0.4, 0.5) is 4.39 Å². The summed E-state index contributed by atoms with van der Waals surface area (Å²) in [6.07, 6.45) is 12.7. The van der Waals surface area contributed by atoms with Gasteiger partial charge >= 0.3 is 0 Å². The number of hydrogen-bond acceptors (Lipinski definition) is 4. The average Bonchev–Trinajstić information content (AvgIpc) is 3.51. The van der Waals surface area contributed by atoms with Crippen molar-refractivity contribution in [1.29, 1.82) is 0 Å². The fraction of sp³-hybridized carbons (Fsp3) is 0.679. The molecule has 3 amide bonds. The number of carbonyl (C=O) groups excluding carboxylic acids is 3. The van der Waals surface area contributed by atoms with Crippen LogP contribution in [0.3, 0.4) is 0 Å². The maximum absolute atomic E-state index is 15.7. The molecule has 188 valence electrons. The molecule has 2 N–H and O–H groups in total. The van der Waals surface area contributed by atoms with Gasteiger partial charge in [-0.05, 0) is 67.9 Å². The van der Waals surface area contributed by atoms with E-state index in [0.29, 0.717) is 41.1 Å². The molecule has 0 aromatic heterocycles. The Morgan fingerprint density at radius 3 is 2.51 bits per heavy atom. The molecule has 1 aromatic carbocycles. The van der Waals surface area contributed by atoms with Crippen LogP contribution in [0, 0.1) is 23.6 Å². The van der Waals surface area contributed by atoms with Crippen molar-refractivity contribution in [1.82, 2.24) is 15.5 Å². The number of hydrogen-bond donors (Lipinski definition) is 2. The van der Waals surface area contributed by atoms with E-state index in [0.717, 1.165) is 24.7 Å². The van der Waals surface area contributed by atoms with E-state index in [4.69, 9.17) is 0 Å². The van der Waals surface area contributed by atoms with Crippen molar-refractivity contribution < 1.29 is 18.8 Å². The molecule has 4 fully saturated rings. The summed E-state index contributed by atoms with van der Waals surface area (Å²) >= 11 is 0. The number of piperidine rings is 1. The highest BCUT2D eigenvalue weighted by atomic mass is 19.1. The molecule has 0 radical (unpaired) electrons. The summed E-state index contributed by atoms with van der Waals surface area (Å²) in [4.78, 5) is 38.2. The third kappa shape index (κ3) is 4.30. The molecule has 35 heavy (non-hydrogen) atoms. The topological polar surface area (TPSA) is 78.5 Å². The lowest BCUT2D eigenvalue weighted by Gasteiger charge is -2.35. The van der Waals surface area contributed by atoms with Gasteiger partial charge in [0, 0.05) is 29.6 Å². The second-order valence-corrected chi connectivity index (χ2v) is 11.6. The number of imide groups is 1. The molecule has 3 unspecified atom stereocenters. The number of rotatable bonds is 5. The van der Waals surface area contributed by atoms with Gasteiger partial charge in [-0.1, -0.05) is 38.2 Å². The number of nitrogens with zero attached hydrogens (tertiary/aromatic N) is 1. The zero-order valence-corrected chi connectivity index (χ0v) is 20.4. The Labute approximate surface area is 206 Å². The van der Waals surface area contributed by atoms with Gasteiger partial charge in [0.2, 0.25) is 11.8 Å². The zero-order chi connectivity index (χ0) is 24.1. The Morgan fingerprint density at radius 2 is 1.74 bits per heavy atom. The van der Waals surface area contributed by atoms with Crippen LogP contribution in [0.2, 0.25) is 0 Å². The summed E-state index contributed by atoms with van der Waals surface area (Å²) in [7, 11) is 0. The van der Waals surface area contributed by atoms with Gasteiger partial charge < -0.3 is 10.2 Å². The van der Waals surface area contributed by atoms with Crippen molar-refractivity contribution >= 4 is 17.7 Å². The first-order valence-corrected chi connectivity index (χ1v) is 13.7. The van der Waals surface area contributed by atoms with E-state index in [2.05, 4.69) is 10.6 Å². The van der Waals surface area contributed by atoms with E-state index in [1.165, 1.54) is 49.8 Å². The van der Waals surface area contributed by atoms with Crippen molar-refractivity contribution in [3.8, 4) is 0 Å². The summed E-state index contributed by atoms with van der Waals surface area (Å²) in [6, 6.07) is 3.85. The highest BCUT2D eigenvalue weighted by Crippen LogP contribution is 2.44. The van der Waals surface area contributed by atoms with Gasteiger partial charge in [0.1, 0.15) is 11.9 Å². The van der Waals surface area contributed by atoms with Gasteiger partial charge in [-0.15, -0.1) is 0 Å². The molecule has 2 heterocycles. The number of fused-ring (bicyclic) bond motifs is 2. The molecule has 1 saturated heterocycles. The molecule has 5 atom stereocenters. The second kappa shape index (κ2) is 9.30. The van der Waals surface area contributed by atoms with E-state index in [9.17, 15) is 14.4 Å². The van der Waals surface area contributed by atoms with Crippen molar-refractivity contribution in [2.75, 3.05) is 0 Å². The van der Waals surface area contributed by atoms with E-state index < -0.39 is 11.9 Å². The largest absolute Gasteiger partial charge is 0.322 e. The van der Waals surface area contributed by atoms with Crippen LogP contribution in [0.1, 0.15) is 92.1 Å². The molecule has 6 nitrogen and oxygen atoms in total. The van der Waals surface area contributed by atoms with Crippen molar-refractivity contribution in [2.24, 2.45) is 17.8 Å². The fourth-order valence-corrected chi connectivity index (χ4v) is 7.76. The van der Waals surface area contributed by atoms with E-state index in [1.54, 1.807) is 12.1 Å². The maximum atomic E-state index is 15.7. The molecule has 7 heteroatoms. The highest BCUT2D eigenvalue weighted by molar-refractivity contribution is 6.05. The average molecular weight is 482 g/mol. The minimum Gasteiger partial charge on any atom is -0.322 e. The third-order valence-corrected chi connectivity index (χ3v) is 9.56. The molecule has 0 bridgehead atoms. The van der Waals surface area contributed by atoms with Crippen molar-refractivity contribution in [2.45, 2.75) is 102 Å². The lowest BCUT2D eigenvalue weighted by atomic mass is 9.80. The molecule has 0 spiro atoms. The second-order valence-electron chi connectivity index (χ2n) is 11.6. The Balaban J connectivity index is 1.15. The van der Waals surface area contributed by atoms with Crippen LogP contribution < -0.4 is 10.6 Å². The molecule has 2 aliphatic heterocycles. The first-order valence-electron chi connectivity index (χ1n) is 13.7. The quantitative estimate of drug-likeness (QED) is 0.626. The van der Waals surface area contributed by atoms with Crippen LogP contribution in [0.25, 0.3) is 0 Å². The number of halogens is 1. The summed E-state index contributed by atoms with van der Waals surface area (Å²) in [5.74, 6) is 0.840. The minimum absolute atomic E-state index is 0.0946. The third-order valence-electron chi connectivity index (χ3n) is 9.56. The smallest absolute Gasteiger partial charge is 0.255 e. The molecular formula is C28H36FN3O3. The fourth-order valence-electron chi connectivity index (χ4n) is 7.76. The number of amides is 3. The SMILES string of the molecule is O=C1CCC(N2Cc3c(ccc(C[C@H]4CCCC[C@@H]4NC4CC5CCCC5C4)c3F)C2=O)C(=O)N1. The summed E-state index contributed by atoms with van der Waals surface area (Å²) in [5.41, 5.74) is 1.44. The number of carbonyl (C=O) groups is 3. The van der Waals surface area contributed by atoms with Crippen LogP contribution in [0.15, 0.2) is 12.1 Å². The highest BCUT2D eigenvalue weighted by Gasteiger charge is 2.41. The summed E-state index contributed by atoms with van der Waals surface area (Å²) in [6.45, 7) is 0.0946. The molecule has 6 rings (SSSR count). The summed E-state index contributed by atoms with van der Waals surface area (Å²) in [5, 5.41) is 6.31. The zero-order valence-electron chi connectivity index (χ0n) is 20.4. The first-order chi connectivity index (χ1) is 17.0. The Hall–Kier alpha value is -2.28. The van der Waals surface area contributed by atoms with Crippen LogP contribution in [-0.2, 0) is 22.6 Å². The van der Waals surface area contributed by atoms with Gasteiger partial charge in [-0.2, -0.15) is 0 Å². The molecule has 3 aliphatic carbocycles. The molecule has 3 saturated carbocycles. The number of benzene rings is 1. The summed E-state index contributed by atoms with van der Waals surface area (Å²) < 4.78 is 15.7. The van der Waals surface area contributed by atoms with Crippen LogP contribution in [0.5, 0.6) is 0 Å². The Morgan fingerprint density at radius 1 is 0.971 bits per heavy atom. The van der Waals surface area contributed by atoms with E-state index >= 15 is 4.39 Å². The molecule has 5 aliphatic rings. The van der Waals surface area contributed by atoms with Crippen molar-refractivity contribution in [3.05, 3.63) is 34.6 Å². The van der Waals surface area contributed by atoms with Gasteiger partial charge in [-0.25, -0.2) is 4.39 Å². The lowest BCUT2D eigenvalue weighted by molar-refractivity contribution is -0.136. The standard InChI is InChI=1S/C28H36FN3O3/c29-26-19(8-9-21-22(26)15-32(28(21)35)24-10-11-25(33)31-27(24)34)12-18-4-1-2-7-23(18)30-20-13-16-5-3-6-17(16)14-20/h8-9,16-18,20,23-24,30H,1-7,10-15H2,(H,31,33,34)/t16?,17?,18-,20?,23+,24?/m1/s1. The van der Waals surface area contributed by atoms with Gasteiger partial charge in [-0.3, -0.25) is 19.7 Å². The first kappa shape index (κ1) is 23.1. The maximum Gasteiger partial charge on any atom is 0.255 e. The monoisotopic (exact) mass is 481 g/mol. The van der Waals surface area contributed by atoms with Gasteiger partial charge in [0.05, 0.1) is 6.54 Å². The predicted molar refractivity (Wildman–Crippen MR) is 129 cm³/mol. The Bertz CT molecular complexity index is 1030. The van der Waals surface area contributed by atoms with Crippen LogP contribution >= 0.6 is 0 Å².